The van der Waals surface area contributed by atoms with Gasteiger partial charge in [-0.2, -0.15) is 14.6 Å². The first-order valence-corrected chi connectivity index (χ1v) is 13.3. The third-order valence-corrected chi connectivity index (χ3v) is 6.25. The molecule has 0 saturated heterocycles. The summed E-state index contributed by atoms with van der Waals surface area (Å²) in [7, 11) is -3.59. The molecule has 1 N–H and O–H groups in total. The van der Waals surface area contributed by atoms with Gasteiger partial charge in [-0.15, -0.1) is 0 Å². The number of carbonyl (C=O) groups is 1. The minimum atomic E-state index is -3.59. The van der Waals surface area contributed by atoms with Crippen LogP contribution in [0.2, 0.25) is 0 Å². The average Bonchev–Trinajstić information content (AvgIpc) is 3.30. The molecule has 3 aromatic rings. The van der Waals surface area contributed by atoms with E-state index in [-0.39, 0.29) is 15.9 Å². The van der Waals surface area contributed by atoms with Gasteiger partial charge in [0, 0.05) is 17.8 Å². The standard InChI is InChI=1S/C24H24N4O5S2/c1-4-17-11-16(2)12-21(14-17)33-10-9-32-20-7-5-18(6-8-20)13-19(15-25)22(29)26-23-27-24(28-34-23)35(3,30)31/h5-8,11-14H,4,9-10H2,1-3H3,(H,26,27,28,29)/b19-13-. The fourth-order valence-corrected chi connectivity index (χ4v) is 4.42. The van der Waals surface area contributed by atoms with Gasteiger partial charge in [0.1, 0.15) is 36.4 Å². The Morgan fingerprint density at radius 2 is 1.83 bits per heavy atom. The predicted octanol–water partition coefficient (Wildman–Crippen LogP) is 3.82. The van der Waals surface area contributed by atoms with Gasteiger partial charge >= 0.3 is 0 Å². The maximum atomic E-state index is 12.4. The van der Waals surface area contributed by atoms with Crippen molar-refractivity contribution >= 4 is 38.5 Å². The predicted molar refractivity (Wildman–Crippen MR) is 133 cm³/mol. The Morgan fingerprint density at radius 3 is 2.43 bits per heavy atom. The van der Waals surface area contributed by atoms with Gasteiger partial charge < -0.3 is 9.47 Å². The summed E-state index contributed by atoms with van der Waals surface area (Å²) in [6.45, 7) is 4.87. The van der Waals surface area contributed by atoms with Crippen molar-refractivity contribution in [2.24, 2.45) is 0 Å². The third kappa shape index (κ3) is 7.63. The quantitative estimate of drug-likeness (QED) is 0.246. The second kappa shape index (κ2) is 11.6. The molecule has 0 aliphatic heterocycles. The SMILES string of the molecule is CCc1cc(C)cc(OCCOc2ccc(/C=C(/C#N)C(=O)Nc3nc(S(C)(=O)=O)ns3)cc2)c1. The van der Waals surface area contributed by atoms with Crippen molar-refractivity contribution in [1.82, 2.24) is 9.36 Å². The number of hydrogen-bond donors (Lipinski definition) is 1. The molecule has 0 atom stereocenters. The lowest BCUT2D eigenvalue weighted by atomic mass is 10.1. The zero-order valence-corrected chi connectivity index (χ0v) is 21.1. The third-order valence-electron chi connectivity index (χ3n) is 4.66. The van der Waals surface area contributed by atoms with Gasteiger partial charge in [-0.05, 0) is 60.4 Å². The van der Waals surface area contributed by atoms with Gasteiger partial charge in [0.25, 0.3) is 11.1 Å². The van der Waals surface area contributed by atoms with Crippen molar-refractivity contribution in [3.63, 3.8) is 0 Å². The lowest BCUT2D eigenvalue weighted by molar-refractivity contribution is -0.112. The molecule has 9 nitrogen and oxygen atoms in total. The lowest BCUT2D eigenvalue weighted by Crippen LogP contribution is -2.13. The molecule has 0 spiro atoms. The molecule has 35 heavy (non-hydrogen) atoms. The number of ether oxygens (including phenoxy) is 2. The van der Waals surface area contributed by atoms with E-state index in [0.717, 1.165) is 24.0 Å². The summed E-state index contributed by atoms with van der Waals surface area (Å²) in [6.07, 6.45) is 3.31. The first kappa shape index (κ1) is 25.9. The van der Waals surface area contributed by atoms with Gasteiger partial charge in [0.2, 0.25) is 15.0 Å². The van der Waals surface area contributed by atoms with E-state index >= 15 is 0 Å². The van der Waals surface area contributed by atoms with Crippen molar-refractivity contribution < 1.29 is 22.7 Å². The molecule has 182 valence electrons. The van der Waals surface area contributed by atoms with Crippen LogP contribution in [-0.4, -0.2) is 43.2 Å². The molecule has 0 fully saturated rings. The summed E-state index contributed by atoms with van der Waals surface area (Å²) in [5.41, 5.74) is 2.81. The molecule has 0 aliphatic rings. The van der Waals surface area contributed by atoms with Crippen molar-refractivity contribution in [3.8, 4) is 17.6 Å². The molecule has 1 amide bonds. The summed E-state index contributed by atoms with van der Waals surface area (Å²) < 4.78 is 38.1. The molecule has 3 rings (SSSR count). The van der Waals surface area contributed by atoms with Gasteiger partial charge in [-0.25, -0.2) is 8.42 Å². The number of nitriles is 1. The number of aromatic nitrogens is 2. The summed E-state index contributed by atoms with van der Waals surface area (Å²) >= 11 is 0.716. The van der Waals surface area contributed by atoms with Crippen LogP contribution in [0.5, 0.6) is 11.5 Å². The van der Waals surface area contributed by atoms with Gasteiger partial charge in [-0.1, -0.05) is 25.1 Å². The van der Waals surface area contributed by atoms with Crippen molar-refractivity contribution in [3.05, 3.63) is 64.7 Å². The van der Waals surface area contributed by atoms with E-state index in [1.165, 1.54) is 11.6 Å². The first-order chi connectivity index (χ1) is 16.7. The number of nitrogens with one attached hydrogen (secondary N) is 1. The van der Waals surface area contributed by atoms with Crippen molar-refractivity contribution in [1.29, 1.82) is 5.26 Å². The van der Waals surface area contributed by atoms with Crippen LogP contribution in [0.4, 0.5) is 5.13 Å². The van der Waals surface area contributed by atoms with Gasteiger partial charge in [-0.3, -0.25) is 10.1 Å². The first-order valence-electron chi connectivity index (χ1n) is 10.6. The number of carbonyl (C=O) groups excluding carboxylic acids is 1. The Hall–Kier alpha value is -3.75. The van der Waals surface area contributed by atoms with Gasteiger partial charge in [0.05, 0.1) is 0 Å². The minimum absolute atomic E-state index is 0.0147. The Kier molecular flexibility index (Phi) is 8.57. The van der Waals surface area contributed by atoms with E-state index in [2.05, 4.69) is 27.7 Å². The highest BCUT2D eigenvalue weighted by atomic mass is 32.2. The van der Waals surface area contributed by atoms with Gasteiger partial charge in [0.15, 0.2) is 0 Å². The fourth-order valence-electron chi connectivity index (χ4n) is 2.98. The highest BCUT2D eigenvalue weighted by Gasteiger charge is 2.17. The van der Waals surface area contributed by atoms with Crippen LogP contribution in [0.1, 0.15) is 23.6 Å². The molecule has 1 aromatic heterocycles. The molecule has 2 aromatic carbocycles. The number of amides is 1. The zero-order chi connectivity index (χ0) is 25.4. The second-order valence-electron chi connectivity index (χ2n) is 7.55. The highest BCUT2D eigenvalue weighted by Crippen LogP contribution is 2.19. The van der Waals surface area contributed by atoms with Crippen LogP contribution in [0.25, 0.3) is 6.08 Å². The molecule has 0 bridgehead atoms. The Balaban J connectivity index is 1.54. The maximum absolute atomic E-state index is 12.4. The maximum Gasteiger partial charge on any atom is 0.268 e. The van der Waals surface area contributed by atoms with E-state index in [4.69, 9.17) is 9.47 Å². The molecular weight excluding hydrogens is 488 g/mol. The molecule has 0 saturated carbocycles. The Morgan fingerprint density at radius 1 is 1.14 bits per heavy atom. The molecular formula is C24H24N4O5S2. The number of aryl methyl sites for hydroxylation is 2. The largest absolute Gasteiger partial charge is 0.490 e. The normalized spacial score (nSPS) is 11.5. The molecule has 0 aliphatic carbocycles. The van der Waals surface area contributed by atoms with Crippen molar-refractivity contribution in [2.45, 2.75) is 25.4 Å². The number of nitrogens with zero attached hydrogens (tertiary/aromatic N) is 3. The average molecular weight is 513 g/mol. The second-order valence-corrected chi connectivity index (χ2v) is 10.2. The summed E-state index contributed by atoms with van der Waals surface area (Å²) in [5, 5.41) is 11.4. The van der Waals surface area contributed by atoms with E-state index in [1.54, 1.807) is 24.3 Å². The number of benzene rings is 2. The summed E-state index contributed by atoms with van der Waals surface area (Å²) in [4.78, 5) is 16.1. The highest BCUT2D eigenvalue weighted by molar-refractivity contribution is 7.90. The number of anilines is 1. The van der Waals surface area contributed by atoms with E-state index in [1.807, 2.05) is 25.1 Å². The summed E-state index contributed by atoms with van der Waals surface area (Å²) in [6, 6.07) is 14.8. The van der Waals surface area contributed by atoms with Crippen LogP contribution >= 0.6 is 11.5 Å². The molecule has 11 heteroatoms. The Bertz CT molecular complexity index is 1370. The van der Waals surface area contributed by atoms with Crippen LogP contribution in [0, 0.1) is 18.3 Å². The zero-order valence-electron chi connectivity index (χ0n) is 19.4. The van der Waals surface area contributed by atoms with Crippen LogP contribution in [0.15, 0.2) is 53.2 Å². The number of sulfone groups is 1. The minimum Gasteiger partial charge on any atom is -0.490 e. The smallest absolute Gasteiger partial charge is 0.268 e. The van der Waals surface area contributed by atoms with E-state index in [0.29, 0.717) is 36.1 Å². The van der Waals surface area contributed by atoms with Crippen LogP contribution < -0.4 is 14.8 Å². The molecule has 0 unspecified atom stereocenters. The van der Waals surface area contributed by atoms with Crippen molar-refractivity contribution in [2.75, 3.05) is 24.8 Å². The number of rotatable bonds is 10. The Labute approximate surface area is 208 Å². The lowest BCUT2D eigenvalue weighted by Gasteiger charge is -2.10. The molecule has 1 heterocycles. The van der Waals surface area contributed by atoms with E-state index < -0.39 is 15.7 Å². The topological polar surface area (TPSA) is 131 Å². The van der Waals surface area contributed by atoms with E-state index in [9.17, 15) is 18.5 Å². The number of hydrogen-bond acceptors (Lipinski definition) is 9. The summed E-state index contributed by atoms with van der Waals surface area (Å²) in [5.74, 6) is 0.715. The molecule has 0 radical (unpaired) electrons. The fraction of sp³-hybridized carbons (Fsp3) is 0.250. The van der Waals surface area contributed by atoms with Crippen LogP contribution in [0.3, 0.4) is 0 Å². The van der Waals surface area contributed by atoms with Crippen LogP contribution in [-0.2, 0) is 21.1 Å². The monoisotopic (exact) mass is 512 g/mol.